The van der Waals surface area contributed by atoms with E-state index >= 15 is 0 Å². The molecule has 5 aromatic rings. The number of nitrogens with one attached hydrogen (secondary N) is 2. The molecule has 1 aliphatic rings. The van der Waals surface area contributed by atoms with Gasteiger partial charge in [0, 0.05) is 22.7 Å². The first-order valence-electron chi connectivity index (χ1n) is 10.8. The van der Waals surface area contributed by atoms with Crippen molar-refractivity contribution in [3.63, 3.8) is 0 Å². The molecule has 4 aromatic heterocycles. The summed E-state index contributed by atoms with van der Waals surface area (Å²) in [4.78, 5) is 34.3. The number of pyridine rings is 2. The fourth-order valence-corrected chi connectivity index (χ4v) is 4.99. The number of nitriles is 1. The first-order chi connectivity index (χ1) is 17.1. The third kappa shape index (κ3) is 3.66. The Morgan fingerprint density at radius 2 is 2.03 bits per heavy atom. The zero-order valence-electron chi connectivity index (χ0n) is 18.1. The first-order valence-corrected chi connectivity index (χ1v) is 11.6. The highest BCUT2D eigenvalue weighted by Crippen LogP contribution is 2.48. The highest BCUT2D eigenvalue weighted by Gasteiger charge is 2.34. The lowest BCUT2D eigenvalue weighted by atomic mass is 9.98. The van der Waals surface area contributed by atoms with Crippen LogP contribution in [-0.2, 0) is 0 Å². The number of benzene rings is 1. The summed E-state index contributed by atoms with van der Waals surface area (Å²) in [7, 11) is 0. The minimum atomic E-state index is -0.315. The average Bonchev–Trinajstić information content (AvgIpc) is 3.38. The molecule has 0 bridgehead atoms. The van der Waals surface area contributed by atoms with E-state index in [0.29, 0.717) is 16.0 Å². The van der Waals surface area contributed by atoms with Crippen molar-refractivity contribution in [2.75, 3.05) is 5.32 Å². The topological polar surface area (TPSA) is 142 Å². The average molecular weight is 481 g/mol. The van der Waals surface area contributed by atoms with Crippen molar-refractivity contribution in [3.05, 3.63) is 81.5 Å². The van der Waals surface area contributed by atoms with E-state index in [1.54, 1.807) is 18.3 Å². The molecule has 1 fully saturated rings. The number of amides is 1. The molecular formula is C24H16N8O2S. The van der Waals surface area contributed by atoms with Crippen LogP contribution in [0.15, 0.2) is 59.9 Å². The van der Waals surface area contributed by atoms with E-state index in [2.05, 4.69) is 35.9 Å². The minimum absolute atomic E-state index is 0.167. The molecule has 170 valence electrons. The standard InChI is InChI=1S/C24H16N8O2S/c25-11-14-10-15(12-27-22(14)32-28-8-9-29-32)30-24(34)21-19(13-4-5-13)20(31-35-21)17-2-1-3-18-16(17)6-7-26-23(18)33/h1-3,6-10,12-13H,4-5H2,(H,26,33)(H,30,34). The summed E-state index contributed by atoms with van der Waals surface area (Å²) in [5.41, 5.74) is 2.90. The summed E-state index contributed by atoms with van der Waals surface area (Å²) in [6, 6.07) is 11.0. The van der Waals surface area contributed by atoms with E-state index in [0.717, 1.165) is 46.6 Å². The van der Waals surface area contributed by atoms with Gasteiger partial charge in [0.05, 0.1) is 30.0 Å². The Labute approximate surface area is 202 Å². The molecule has 0 spiro atoms. The van der Waals surface area contributed by atoms with E-state index < -0.39 is 0 Å². The summed E-state index contributed by atoms with van der Waals surface area (Å²) in [5.74, 6) is 0.201. The second-order valence-corrected chi connectivity index (χ2v) is 8.87. The number of carbonyl (C=O) groups is 1. The van der Waals surface area contributed by atoms with Crippen LogP contribution in [0.25, 0.3) is 27.8 Å². The van der Waals surface area contributed by atoms with Gasteiger partial charge in [-0.15, -0.1) is 4.80 Å². The number of fused-ring (bicyclic) bond motifs is 1. The van der Waals surface area contributed by atoms with E-state index in [-0.39, 0.29) is 28.8 Å². The highest BCUT2D eigenvalue weighted by molar-refractivity contribution is 7.08. The fourth-order valence-electron chi connectivity index (χ4n) is 4.11. The zero-order valence-corrected chi connectivity index (χ0v) is 18.9. The smallest absolute Gasteiger partial charge is 0.267 e. The van der Waals surface area contributed by atoms with Gasteiger partial charge in [0.2, 0.25) is 0 Å². The van der Waals surface area contributed by atoms with Crippen LogP contribution in [-0.4, -0.2) is 35.2 Å². The van der Waals surface area contributed by atoms with Crippen LogP contribution in [0.1, 0.15) is 39.6 Å². The Hall–Kier alpha value is -4.69. The Morgan fingerprint density at radius 1 is 1.20 bits per heavy atom. The second-order valence-electron chi connectivity index (χ2n) is 8.10. The molecule has 1 amide bonds. The summed E-state index contributed by atoms with van der Waals surface area (Å²) >= 11 is 1.13. The molecule has 1 aliphatic carbocycles. The summed E-state index contributed by atoms with van der Waals surface area (Å²) in [5, 5.41) is 21.8. The minimum Gasteiger partial charge on any atom is -0.329 e. The molecule has 4 heterocycles. The normalized spacial score (nSPS) is 13.0. The van der Waals surface area contributed by atoms with Gasteiger partial charge in [0.1, 0.15) is 16.5 Å². The molecule has 1 saturated carbocycles. The third-order valence-electron chi connectivity index (χ3n) is 5.84. The number of nitrogens with zero attached hydrogens (tertiary/aromatic N) is 6. The van der Waals surface area contributed by atoms with Crippen molar-refractivity contribution in [1.82, 2.24) is 29.3 Å². The van der Waals surface area contributed by atoms with Crippen molar-refractivity contribution in [3.8, 4) is 23.1 Å². The lowest BCUT2D eigenvalue weighted by molar-refractivity contribution is 0.102. The second kappa shape index (κ2) is 8.27. The molecule has 35 heavy (non-hydrogen) atoms. The van der Waals surface area contributed by atoms with Crippen LogP contribution in [0.4, 0.5) is 5.69 Å². The van der Waals surface area contributed by atoms with Crippen molar-refractivity contribution in [1.29, 1.82) is 5.26 Å². The van der Waals surface area contributed by atoms with Crippen LogP contribution in [0.2, 0.25) is 0 Å². The van der Waals surface area contributed by atoms with Gasteiger partial charge in [-0.2, -0.15) is 19.8 Å². The Kier molecular flexibility index (Phi) is 4.93. The quantitative estimate of drug-likeness (QED) is 0.391. The number of hydrogen-bond donors (Lipinski definition) is 2. The van der Waals surface area contributed by atoms with Crippen LogP contribution >= 0.6 is 11.5 Å². The largest absolute Gasteiger partial charge is 0.329 e. The molecule has 11 heteroatoms. The maximum Gasteiger partial charge on any atom is 0.267 e. The van der Waals surface area contributed by atoms with Crippen molar-refractivity contribution >= 4 is 33.9 Å². The van der Waals surface area contributed by atoms with Crippen LogP contribution in [0, 0.1) is 11.3 Å². The van der Waals surface area contributed by atoms with Crippen LogP contribution < -0.4 is 10.9 Å². The Balaban J connectivity index is 1.37. The van der Waals surface area contributed by atoms with Crippen molar-refractivity contribution < 1.29 is 4.79 Å². The van der Waals surface area contributed by atoms with Gasteiger partial charge in [-0.3, -0.25) is 9.59 Å². The Bertz CT molecular complexity index is 1690. The van der Waals surface area contributed by atoms with E-state index in [4.69, 9.17) is 0 Å². The summed E-state index contributed by atoms with van der Waals surface area (Å²) < 4.78 is 4.65. The Morgan fingerprint density at radius 3 is 2.80 bits per heavy atom. The number of aromatic amines is 1. The number of carbonyl (C=O) groups excluding carboxylic acids is 1. The van der Waals surface area contributed by atoms with Gasteiger partial charge in [-0.05, 0) is 53.9 Å². The van der Waals surface area contributed by atoms with Gasteiger partial charge < -0.3 is 10.3 Å². The summed E-state index contributed by atoms with van der Waals surface area (Å²) in [6.45, 7) is 0. The zero-order chi connectivity index (χ0) is 23.9. The molecule has 1 aromatic carbocycles. The maximum absolute atomic E-state index is 13.3. The number of anilines is 1. The molecule has 0 radical (unpaired) electrons. The third-order valence-corrected chi connectivity index (χ3v) is 6.71. The van der Waals surface area contributed by atoms with Gasteiger partial charge >= 0.3 is 0 Å². The fraction of sp³-hybridized carbons (Fsp3) is 0.125. The van der Waals surface area contributed by atoms with E-state index in [1.165, 1.54) is 23.4 Å². The monoisotopic (exact) mass is 480 g/mol. The lowest BCUT2D eigenvalue weighted by Crippen LogP contribution is -2.13. The molecule has 0 unspecified atom stereocenters. The number of rotatable bonds is 5. The van der Waals surface area contributed by atoms with Gasteiger partial charge in [0.15, 0.2) is 5.82 Å². The van der Waals surface area contributed by atoms with Gasteiger partial charge in [0.25, 0.3) is 11.5 Å². The number of aromatic nitrogens is 6. The molecule has 0 atom stereocenters. The van der Waals surface area contributed by atoms with Gasteiger partial charge in [-0.1, -0.05) is 12.1 Å². The van der Waals surface area contributed by atoms with Crippen molar-refractivity contribution in [2.45, 2.75) is 18.8 Å². The van der Waals surface area contributed by atoms with E-state index in [1.807, 2.05) is 18.2 Å². The van der Waals surface area contributed by atoms with Gasteiger partial charge in [-0.25, -0.2) is 4.98 Å². The van der Waals surface area contributed by atoms with Crippen LogP contribution in [0.5, 0.6) is 0 Å². The van der Waals surface area contributed by atoms with Crippen LogP contribution in [0.3, 0.4) is 0 Å². The van der Waals surface area contributed by atoms with E-state index in [9.17, 15) is 14.9 Å². The highest BCUT2D eigenvalue weighted by atomic mass is 32.1. The first kappa shape index (κ1) is 20.9. The number of H-pyrrole nitrogens is 1. The molecule has 0 saturated heterocycles. The molecule has 6 rings (SSSR count). The predicted molar refractivity (Wildman–Crippen MR) is 129 cm³/mol. The maximum atomic E-state index is 13.3. The lowest BCUT2D eigenvalue weighted by Gasteiger charge is -2.09. The molecular weight excluding hydrogens is 464 g/mol. The molecule has 10 nitrogen and oxygen atoms in total. The SMILES string of the molecule is N#Cc1cc(NC(=O)c2snc(-c3cccc4c(=O)[nH]ccc34)c2C2CC2)cnc1-n1nccn1. The van der Waals surface area contributed by atoms with Crippen molar-refractivity contribution in [2.24, 2.45) is 0 Å². The molecule has 0 aliphatic heterocycles. The summed E-state index contributed by atoms with van der Waals surface area (Å²) in [6.07, 6.45) is 8.02. The predicted octanol–water partition coefficient (Wildman–Crippen LogP) is 3.63. The molecule has 2 N–H and O–H groups in total. The number of hydrogen-bond acceptors (Lipinski definition) is 8.